The zero-order valence-electron chi connectivity index (χ0n) is 22.4. The van der Waals surface area contributed by atoms with Crippen LogP contribution in [0.3, 0.4) is 0 Å². The van der Waals surface area contributed by atoms with Crippen molar-refractivity contribution < 1.29 is 14.4 Å². The first-order valence-electron chi connectivity index (χ1n) is 12.9. The fraction of sp³-hybridized carbons (Fsp3) is 0.414. The molecular weight excluding hydrogens is 593 g/mol. The zero-order chi connectivity index (χ0) is 26.7. The van der Waals surface area contributed by atoms with Crippen LogP contribution in [0.2, 0.25) is 0 Å². The number of rotatable bonds is 10. The van der Waals surface area contributed by atoms with Gasteiger partial charge in [0.1, 0.15) is 6.54 Å². The Morgan fingerprint density at radius 3 is 2.68 bits per heavy atom. The molecule has 5 rings (SSSR count). The second-order valence-electron chi connectivity index (χ2n) is 10.1. The molecule has 0 N–H and O–H groups in total. The number of carbonyl (C=O) groups is 1. The topological polar surface area (TPSA) is 81.3 Å². The first kappa shape index (κ1) is 26.7. The maximum absolute atomic E-state index is 12.4. The third kappa shape index (κ3) is 5.73. The van der Waals surface area contributed by atoms with E-state index in [2.05, 4.69) is 63.5 Å². The number of likely N-dealkylation sites (N-methyl/N-ethyl adjacent to an activating group) is 1. The summed E-state index contributed by atoms with van der Waals surface area (Å²) in [5, 5.41) is 9.00. The lowest BCUT2D eigenvalue weighted by atomic mass is 9.72. The molecule has 1 aromatic heterocycles. The fourth-order valence-electron chi connectivity index (χ4n) is 4.83. The van der Waals surface area contributed by atoms with Crippen LogP contribution in [0.5, 0.6) is 0 Å². The van der Waals surface area contributed by atoms with Crippen LogP contribution in [-0.4, -0.2) is 63.5 Å². The Bertz CT molecular complexity index is 1350. The van der Waals surface area contributed by atoms with Crippen molar-refractivity contribution in [1.29, 1.82) is 0 Å². The normalized spacial score (nSPS) is 18.7. The van der Waals surface area contributed by atoms with Crippen molar-refractivity contribution in [2.45, 2.75) is 45.1 Å². The molecule has 38 heavy (non-hydrogen) atoms. The van der Waals surface area contributed by atoms with Crippen molar-refractivity contribution in [2.24, 2.45) is 16.1 Å². The molecule has 200 valence electrons. The number of nitrogens with zero attached hydrogens (tertiary/aromatic N) is 5. The summed E-state index contributed by atoms with van der Waals surface area (Å²) in [4.78, 5) is 24.5. The van der Waals surface area contributed by atoms with Gasteiger partial charge in [0.25, 0.3) is 0 Å². The van der Waals surface area contributed by atoms with Gasteiger partial charge in [0.05, 0.1) is 27.7 Å². The molecule has 0 spiro atoms. The second kappa shape index (κ2) is 11.4. The second-order valence-corrected chi connectivity index (χ2v) is 12.9. The first-order valence-corrected chi connectivity index (χ1v) is 15.2. The zero-order valence-corrected chi connectivity index (χ0v) is 24.5. The molecule has 0 unspecified atom stereocenters. The number of allylic oxidation sites excluding steroid dienone is 2. The summed E-state index contributed by atoms with van der Waals surface area (Å²) in [5.41, 5.74) is 5.41. The first-order chi connectivity index (χ1) is 18.4. The standard InChI is InChI=1S/C29H34IN5O3/c1-20-30-15-22(16-31-20)21-5-7-24(8-6-21)29(2,25-9-10-25)27-12-11-26(38-33-27)23-17-32-35(18-23)19-28(36)34(3)13-14-37-4/h5-8,11,15-18,25H,9-10,12-14,19H2,1-4H3/t29-/m0/s1. The molecule has 1 aromatic carbocycles. The van der Waals surface area contributed by atoms with E-state index in [0.29, 0.717) is 31.2 Å². The van der Waals surface area contributed by atoms with E-state index >= 15 is 0 Å². The maximum Gasteiger partial charge on any atom is 0.244 e. The summed E-state index contributed by atoms with van der Waals surface area (Å²) >= 11 is -0.104. The van der Waals surface area contributed by atoms with Crippen molar-refractivity contribution in [2.75, 3.05) is 27.3 Å². The molecule has 2 aliphatic heterocycles. The fourth-order valence-corrected chi connectivity index (χ4v) is 6.44. The molecule has 8 nitrogen and oxygen atoms in total. The van der Waals surface area contributed by atoms with Gasteiger partial charge in [0.15, 0.2) is 5.76 Å². The molecule has 1 aliphatic carbocycles. The van der Waals surface area contributed by atoms with Crippen LogP contribution in [0.15, 0.2) is 57.0 Å². The molecule has 1 amide bonds. The van der Waals surface area contributed by atoms with Crippen molar-refractivity contribution >= 4 is 53.5 Å². The summed E-state index contributed by atoms with van der Waals surface area (Å²) in [5.74, 6) is 1.21. The highest BCUT2D eigenvalue weighted by atomic mass is 127. The van der Waals surface area contributed by atoms with Gasteiger partial charge >= 0.3 is 0 Å². The number of oxime groups is 1. The van der Waals surface area contributed by atoms with Gasteiger partial charge in [-0.25, -0.2) is 0 Å². The van der Waals surface area contributed by atoms with Crippen LogP contribution >= 0.6 is 20.7 Å². The Morgan fingerprint density at radius 2 is 2.05 bits per heavy atom. The SMILES string of the molecule is COCCN(C)C(=O)Cn1cc(C2=CCC([C@@](C)(c3ccc(C4=CI=C(C)N=C4)cc3)C3CC3)=NO2)cn1. The Balaban J connectivity index is 1.27. The number of aromatic nitrogens is 2. The highest BCUT2D eigenvalue weighted by Crippen LogP contribution is 2.49. The van der Waals surface area contributed by atoms with E-state index in [1.54, 1.807) is 29.9 Å². The third-order valence-electron chi connectivity index (χ3n) is 7.53. The van der Waals surface area contributed by atoms with Crippen LogP contribution in [0.4, 0.5) is 0 Å². The minimum Gasteiger partial charge on any atom is -0.383 e. The summed E-state index contributed by atoms with van der Waals surface area (Å²) in [6.07, 6.45) is 10.7. The van der Waals surface area contributed by atoms with Crippen molar-refractivity contribution in [3.63, 3.8) is 0 Å². The number of methoxy groups -OCH3 is 1. The minimum atomic E-state index is -0.170. The predicted octanol–water partition coefficient (Wildman–Crippen LogP) is 5.02. The van der Waals surface area contributed by atoms with Gasteiger partial charge in [-0.3, -0.25) is 14.5 Å². The van der Waals surface area contributed by atoms with Crippen molar-refractivity contribution in [1.82, 2.24) is 14.7 Å². The van der Waals surface area contributed by atoms with Crippen LogP contribution < -0.4 is 0 Å². The Morgan fingerprint density at radius 1 is 1.26 bits per heavy atom. The van der Waals surface area contributed by atoms with Gasteiger partial charge in [-0.05, 0) is 53.9 Å². The molecule has 0 radical (unpaired) electrons. The van der Waals surface area contributed by atoms with E-state index in [1.165, 1.54) is 33.2 Å². The highest BCUT2D eigenvalue weighted by molar-refractivity contribution is 14.2. The smallest absolute Gasteiger partial charge is 0.244 e. The Labute approximate surface area is 233 Å². The molecule has 3 heterocycles. The van der Waals surface area contributed by atoms with Crippen LogP contribution in [0.25, 0.3) is 11.3 Å². The average molecular weight is 628 g/mol. The lowest BCUT2D eigenvalue weighted by Crippen LogP contribution is -2.36. The van der Waals surface area contributed by atoms with Gasteiger partial charge < -0.3 is 14.5 Å². The van der Waals surface area contributed by atoms with E-state index in [-0.39, 0.29) is 38.6 Å². The third-order valence-corrected chi connectivity index (χ3v) is 9.69. The minimum absolute atomic E-state index is 0.0241. The number of amides is 1. The number of halogens is 1. The van der Waals surface area contributed by atoms with Gasteiger partial charge in [0, 0.05) is 50.5 Å². The molecule has 9 heteroatoms. The number of benzene rings is 1. The number of aliphatic imine (C=N–C) groups is 1. The predicted molar refractivity (Wildman–Crippen MR) is 161 cm³/mol. The Hall–Kier alpha value is -2.92. The number of hydrogen-bond acceptors (Lipinski definition) is 6. The highest BCUT2D eigenvalue weighted by Gasteiger charge is 2.47. The van der Waals surface area contributed by atoms with E-state index in [9.17, 15) is 4.79 Å². The van der Waals surface area contributed by atoms with Crippen LogP contribution in [-0.2, 0) is 26.3 Å². The van der Waals surface area contributed by atoms with Crippen LogP contribution in [0, 0.1) is 5.92 Å². The van der Waals surface area contributed by atoms with E-state index in [1.807, 2.05) is 12.4 Å². The molecule has 2 aromatic rings. The van der Waals surface area contributed by atoms with Crippen LogP contribution in [0.1, 0.15) is 49.8 Å². The molecule has 0 bridgehead atoms. The molecule has 1 saturated carbocycles. The van der Waals surface area contributed by atoms with Crippen molar-refractivity contribution in [3.8, 4) is 0 Å². The Kier molecular flexibility index (Phi) is 8.04. The summed E-state index contributed by atoms with van der Waals surface area (Å²) in [6, 6.07) is 8.93. The molecule has 1 fully saturated rings. The summed E-state index contributed by atoms with van der Waals surface area (Å²) < 4.78 is 10.3. The van der Waals surface area contributed by atoms with E-state index < -0.39 is 0 Å². The van der Waals surface area contributed by atoms with Gasteiger partial charge in [0.2, 0.25) is 5.91 Å². The number of ether oxygens (including phenoxy) is 1. The largest absolute Gasteiger partial charge is 0.383 e. The summed E-state index contributed by atoms with van der Waals surface area (Å²) in [7, 11) is 3.39. The monoisotopic (exact) mass is 627 g/mol. The average Bonchev–Trinajstić information content (AvgIpc) is 3.71. The van der Waals surface area contributed by atoms with Gasteiger partial charge in [-0.1, -0.05) is 50.2 Å². The lowest BCUT2D eigenvalue weighted by Gasteiger charge is -2.33. The molecular formula is C29H34IN5O3. The van der Waals surface area contributed by atoms with Gasteiger partial charge in [-0.15, -0.1) is 0 Å². The van der Waals surface area contributed by atoms with Crippen molar-refractivity contribution in [3.05, 3.63) is 63.5 Å². The van der Waals surface area contributed by atoms with E-state index in [0.717, 1.165) is 11.3 Å². The molecule has 0 saturated heterocycles. The molecule has 1 atom stereocenters. The summed E-state index contributed by atoms with van der Waals surface area (Å²) in [6.45, 7) is 5.62. The van der Waals surface area contributed by atoms with Gasteiger partial charge in [-0.2, -0.15) is 5.10 Å². The van der Waals surface area contributed by atoms with E-state index in [4.69, 9.17) is 9.57 Å². The maximum atomic E-state index is 12.4. The number of hydrogen-bond donors (Lipinski definition) is 0. The quantitative estimate of drug-likeness (QED) is 0.347. The number of carbonyl (C=O) groups excluding carboxylic acids is 1. The lowest BCUT2D eigenvalue weighted by molar-refractivity contribution is -0.131. The molecule has 3 aliphatic rings.